The van der Waals surface area contributed by atoms with Crippen molar-refractivity contribution in [3.63, 3.8) is 0 Å². The van der Waals surface area contributed by atoms with E-state index in [9.17, 15) is 9.59 Å². The normalized spacial score (nSPS) is 8.25. The Morgan fingerprint density at radius 1 is 0.625 bits per heavy atom. The Balaban J connectivity index is -0.0000000843. The van der Waals surface area contributed by atoms with Gasteiger partial charge in [0, 0.05) is 12.8 Å². The molecule has 0 saturated carbocycles. The van der Waals surface area contributed by atoms with Crippen LogP contribution in [0.3, 0.4) is 0 Å². The monoisotopic (exact) mass is 350 g/mol. The number of carboxylic acid groups (broad SMARTS) is 2. The summed E-state index contributed by atoms with van der Waals surface area (Å²) in [6.07, 6.45) is 11.8. The van der Waals surface area contributed by atoms with Gasteiger partial charge in [-0.05, 0) is 12.8 Å². The quantitative estimate of drug-likeness (QED) is 0.251. The van der Waals surface area contributed by atoms with Gasteiger partial charge in [0.1, 0.15) is 0 Å². The van der Waals surface area contributed by atoms with Gasteiger partial charge in [-0.2, -0.15) is 0 Å². The Labute approximate surface area is 148 Å². The first-order valence-electron chi connectivity index (χ1n) is 8.48. The first kappa shape index (κ1) is 34.0. The smallest absolute Gasteiger partial charge is 0.303 e. The molecule has 0 rings (SSSR count). The van der Waals surface area contributed by atoms with Crippen LogP contribution >= 0.6 is 0 Å². The van der Waals surface area contributed by atoms with Crippen molar-refractivity contribution in [3.05, 3.63) is 13.2 Å². The van der Waals surface area contributed by atoms with Gasteiger partial charge in [0.15, 0.2) is 0 Å². The maximum Gasteiger partial charge on any atom is 0.303 e. The van der Waals surface area contributed by atoms with Crippen molar-refractivity contribution in [1.29, 1.82) is 0 Å². The van der Waals surface area contributed by atoms with Crippen LogP contribution < -0.4 is 12.3 Å². The van der Waals surface area contributed by atoms with Crippen LogP contribution in [0.15, 0.2) is 13.2 Å². The Morgan fingerprint density at radius 3 is 1.08 bits per heavy atom. The molecule has 148 valence electrons. The third-order valence-corrected chi connectivity index (χ3v) is 2.99. The van der Waals surface area contributed by atoms with E-state index >= 15 is 0 Å². The zero-order valence-electron chi connectivity index (χ0n) is 16.0. The van der Waals surface area contributed by atoms with E-state index in [1.165, 1.54) is 38.5 Å². The van der Waals surface area contributed by atoms with Crippen LogP contribution in [0, 0.1) is 0 Å². The summed E-state index contributed by atoms with van der Waals surface area (Å²) in [5, 5.41) is 16.5. The summed E-state index contributed by atoms with van der Waals surface area (Å²) in [6.45, 7) is 10.3. The Morgan fingerprint density at radius 2 is 0.875 bits per heavy atom. The van der Waals surface area contributed by atoms with Gasteiger partial charge in [0.05, 0.1) is 0 Å². The van der Waals surface area contributed by atoms with Crippen molar-refractivity contribution in [2.75, 3.05) is 0 Å². The van der Waals surface area contributed by atoms with Crippen molar-refractivity contribution in [2.45, 2.75) is 90.9 Å². The number of rotatable bonds is 12. The largest absolute Gasteiger partial charge is 0.481 e. The number of aliphatic carboxylic acids is 2. The lowest BCUT2D eigenvalue weighted by Gasteiger charge is -1.95. The average molecular weight is 351 g/mol. The highest BCUT2D eigenvalue weighted by Gasteiger charge is 1.95. The summed E-state index contributed by atoms with van der Waals surface area (Å²) >= 11 is 0. The molecule has 0 unspecified atom stereocenters. The summed E-state index contributed by atoms with van der Waals surface area (Å²) in [4.78, 5) is 20.1. The van der Waals surface area contributed by atoms with E-state index < -0.39 is 11.9 Å². The lowest BCUT2D eigenvalue weighted by atomic mass is 10.1. The van der Waals surface area contributed by atoms with E-state index in [0.29, 0.717) is 12.8 Å². The number of hydrogen-bond acceptors (Lipinski definition) is 4. The van der Waals surface area contributed by atoms with E-state index in [0.717, 1.165) is 25.7 Å². The van der Waals surface area contributed by atoms with Crippen LogP contribution in [0.5, 0.6) is 0 Å². The summed E-state index contributed by atoms with van der Waals surface area (Å²) in [5.41, 5.74) is 0. The minimum Gasteiger partial charge on any atom is -0.481 e. The van der Waals surface area contributed by atoms with E-state index in [-0.39, 0.29) is 12.3 Å². The van der Waals surface area contributed by atoms with Gasteiger partial charge in [-0.1, -0.05) is 65.2 Å². The highest BCUT2D eigenvalue weighted by molar-refractivity contribution is 5.66. The summed E-state index contributed by atoms with van der Waals surface area (Å²) in [5.74, 6) is -1.34. The second-order valence-electron chi connectivity index (χ2n) is 5.12. The number of carbonyl (C=O) groups is 2. The van der Waals surface area contributed by atoms with Crippen LogP contribution in [0.1, 0.15) is 90.9 Å². The van der Waals surface area contributed by atoms with Gasteiger partial charge in [0.25, 0.3) is 0 Å². The number of hydrogen-bond donors (Lipinski definition) is 4. The molecule has 0 aliphatic rings. The lowest BCUT2D eigenvalue weighted by Crippen LogP contribution is -1.93. The minimum absolute atomic E-state index is 0. The summed E-state index contributed by atoms with van der Waals surface area (Å²) in [7, 11) is 0. The van der Waals surface area contributed by atoms with Crippen LogP contribution in [0.4, 0.5) is 0 Å². The molecule has 0 heterocycles. The Kier molecular flexibility index (Phi) is 47.2. The fourth-order valence-electron chi connectivity index (χ4n) is 1.76. The molecule has 0 aromatic rings. The van der Waals surface area contributed by atoms with Gasteiger partial charge >= 0.3 is 11.9 Å². The Hall–Kier alpha value is -1.40. The first-order valence-corrected chi connectivity index (χ1v) is 8.48. The van der Waals surface area contributed by atoms with E-state index in [4.69, 9.17) is 10.2 Å². The molecule has 0 aromatic heterocycles. The zero-order chi connectivity index (χ0) is 17.6. The SMILES string of the molecule is C=C.CCCCCCCC(=O)O.CCCCCCCC(=O)O.N.N. The molecule has 0 fully saturated rings. The fourth-order valence-corrected chi connectivity index (χ4v) is 1.76. The summed E-state index contributed by atoms with van der Waals surface area (Å²) in [6, 6.07) is 0. The standard InChI is InChI=1S/2C8H16O2.C2H4.2H3N/c2*1-2-3-4-5-6-7-8(9)10;1-2;;/h2*2-7H2,1H3,(H,9,10);1-2H2;2*1H3. The molecule has 0 spiro atoms. The van der Waals surface area contributed by atoms with E-state index in [2.05, 4.69) is 27.0 Å². The van der Waals surface area contributed by atoms with Crippen LogP contribution in [0.25, 0.3) is 0 Å². The summed E-state index contributed by atoms with van der Waals surface area (Å²) < 4.78 is 0. The van der Waals surface area contributed by atoms with Crippen molar-refractivity contribution >= 4 is 11.9 Å². The first-order chi connectivity index (χ1) is 10.5. The van der Waals surface area contributed by atoms with Gasteiger partial charge in [0.2, 0.25) is 0 Å². The highest BCUT2D eigenvalue weighted by Crippen LogP contribution is 2.04. The third kappa shape index (κ3) is 49.8. The minimum atomic E-state index is -0.670. The molecular formula is C18H42N2O4. The molecule has 0 aromatic carbocycles. The van der Waals surface area contributed by atoms with Crippen LogP contribution in [0.2, 0.25) is 0 Å². The second-order valence-corrected chi connectivity index (χ2v) is 5.12. The van der Waals surface area contributed by atoms with E-state index in [1.54, 1.807) is 0 Å². The predicted octanol–water partition coefficient (Wildman–Crippen LogP) is 5.99. The average Bonchev–Trinajstić information content (AvgIpc) is 2.49. The van der Waals surface area contributed by atoms with Gasteiger partial charge < -0.3 is 22.5 Å². The second kappa shape index (κ2) is 33.3. The zero-order valence-corrected chi connectivity index (χ0v) is 16.0. The molecule has 0 aliphatic carbocycles. The topological polar surface area (TPSA) is 145 Å². The maximum absolute atomic E-state index is 10.0. The molecule has 0 atom stereocenters. The van der Waals surface area contributed by atoms with Gasteiger partial charge in [-0.3, -0.25) is 9.59 Å². The third-order valence-electron chi connectivity index (χ3n) is 2.99. The van der Waals surface area contributed by atoms with Crippen LogP contribution in [-0.4, -0.2) is 22.2 Å². The molecule has 0 aliphatic heterocycles. The molecule has 0 amide bonds. The molecule has 0 bridgehead atoms. The molecule has 8 N–H and O–H groups in total. The van der Waals surface area contributed by atoms with Crippen molar-refractivity contribution in [1.82, 2.24) is 12.3 Å². The van der Waals surface area contributed by atoms with Crippen molar-refractivity contribution < 1.29 is 19.8 Å². The lowest BCUT2D eigenvalue weighted by molar-refractivity contribution is -0.138. The molecule has 24 heavy (non-hydrogen) atoms. The molecular weight excluding hydrogens is 308 g/mol. The molecule has 6 heteroatoms. The van der Waals surface area contributed by atoms with Crippen molar-refractivity contribution in [2.24, 2.45) is 0 Å². The van der Waals surface area contributed by atoms with Gasteiger partial charge in [-0.15, -0.1) is 13.2 Å². The van der Waals surface area contributed by atoms with Gasteiger partial charge in [-0.25, -0.2) is 0 Å². The maximum atomic E-state index is 10.0. The van der Waals surface area contributed by atoms with E-state index in [1.807, 2.05) is 0 Å². The molecule has 0 saturated heterocycles. The number of unbranched alkanes of at least 4 members (excludes halogenated alkanes) is 8. The molecule has 0 radical (unpaired) electrons. The molecule has 6 nitrogen and oxygen atoms in total. The highest BCUT2D eigenvalue weighted by atomic mass is 16.4. The Bertz CT molecular complexity index is 225. The predicted molar refractivity (Wildman–Crippen MR) is 103 cm³/mol. The van der Waals surface area contributed by atoms with Crippen LogP contribution in [-0.2, 0) is 9.59 Å². The van der Waals surface area contributed by atoms with Crippen molar-refractivity contribution in [3.8, 4) is 0 Å². The fraction of sp³-hybridized carbons (Fsp3) is 0.778. The number of carboxylic acids is 2.